The number of fused-ring (bicyclic) bond motifs is 1. The largest absolute Gasteiger partial charge is 0.308 e. The average Bonchev–Trinajstić information content (AvgIpc) is 3.13. The van der Waals surface area contributed by atoms with Crippen molar-refractivity contribution >= 4 is 33.0 Å². The van der Waals surface area contributed by atoms with Gasteiger partial charge in [-0.05, 0) is 36.4 Å². The molecule has 122 valence electrons. The van der Waals surface area contributed by atoms with Crippen molar-refractivity contribution in [3.8, 4) is 0 Å². The van der Waals surface area contributed by atoms with E-state index in [9.17, 15) is 13.2 Å². The van der Waals surface area contributed by atoms with E-state index in [2.05, 4.69) is 0 Å². The van der Waals surface area contributed by atoms with Gasteiger partial charge in [0.1, 0.15) is 4.21 Å². The molecule has 0 fully saturated rings. The third-order valence-corrected chi connectivity index (χ3v) is 7.17. The summed E-state index contributed by atoms with van der Waals surface area (Å²) in [7, 11) is -2.17. The molecule has 1 aliphatic heterocycles. The standard InChI is InChI=1S/C16H18N2O3S2/c1-12-10-13-6-3-4-7-14(13)18(12)15(19)11-17(2)23(20,21)16-8-5-9-22-16/h3-9,12H,10-11H2,1-2H3/t12-/m1/s1. The molecule has 1 aromatic carbocycles. The van der Waals surface area contributed by atoms with Crippen molar-refractivity contribution in [1.82, 2.24) is 4.31 Å². The van der Waals surface area contributed by atoms with Crippen LogP contribution in [0.1, 0.15) is 12.5 Å². The molecule has 7 heteroatoms. The van der Waals surface area contributed by atoms with Crippen LogP contribution in [0.5, 0.6) is 0 Å². The quantitative estimate of drug-likeness (QED) is 0.850. The van der Waals surface area contributed by atoms with Crippen LogP contribution < -0.4 is 4.90 Å². The van der Waals surface area contributed by atoms with Crippen LogP contribution in [0.25, 0.3) is 0 Å². The lowest BCUT2D eigenvalue weighted by atomic mass is 10.1. The first-order chi connectivity index (χ1) is 10.9. The normalized spacial score (nSPS) is 17.5. The summed E-state index contributed by atoms with van der Waals surface area (Å²) >= 11 is 1.15. The molecule has 23 heavy (non-hydrogen) atoms. The maximum atomic E-state index is 12.7. The van der Waals surface area contributed by atoms with Crippen LogP contribution >= 0.6 is 11.3 Å². The monoisotopic (exact) mass is 350 g/mol. The molecule has 5 nitrogen and oxygen atoms in total. The number of carbonyl (C=O) groups excluding carboxylic acids is 1. The molecule has 0 saturated carbocycles. The number of sulfonamides is 1. The zero-order valence-electron chi connectivity index (χ0n) is 13.0. The Bertz CT molecular complexity index is 816. The molecule has 0 radical (unpaired) electrons. The Balaban J connectivity index is 1.80. The number of hydrogen-bond acceptors (Lipinski definition) is 4. The van der Waals surface area contributed by atoms with Gasteiger partial charge in [0, 0.05) is 18.8 Å². The topological polar surface area (TPSA) is 57.7 Å². The number of anilines is 1. The Morgan fingerprint density at radius 3 is 2.74 bits per heavy atom. The van der Waals surface area contributed by atoms with Gasteiger partial charge in [-0.15, -0.1) is 11.3 Å². The summed E-state index contributed by atoms with van der Waals surface area (Å²) in [5.41, 5.74) is 2.00. The number of amides is 1. The number of likely N-dealkylation sites (N-methyl/N-ethyl adjacent to an activating group) is 1. The van der Waals surface area contributed by atoms with Crippen LogP contribution in [-0.4, -0.2) is 38.3 Å². The lowest BCUT2D eigenvalue weighted by molar-refractivity contribution is -0.118. The summed E-state index contributed by atoms with van der Waals surface area (Å²) in [5.74, 6) is -0.204. The van der Waals surface area contributed by atoms with E-state index >= 15 is 0 Å². The first-order valence-corrected chi connectivity index (χ1v) is 9.63. The molecule has 1 amide bonds. The summed E-state index contributed by atoms with van der Waals surface area (Å²) in [5, 5.41) is 1.71. The van der Waals surface area contributed by atoms with Crippen molar-refractivity contribution < 1.29 is 13.2 Å². The van der Waals surface area contributed by atoms with Gasteiger partial charge in [0.25, 0.3) is 10.0 Å². The number of nitrogens with zero attached hydrogens (tertiary/aromatic N) is 2. The van der Waals surface area contributed by atoms with E-state index in [1.54, 1.807) is 22.4 Å². The highest BCUT2D eigenvalue weighted by Crippen LogP contribution is 2.32. The Hall–Kier alpha value is -1.70. The molecule has 0 unspecified atom stereocenters. The van der Waals surface area contributed by atoms with E-state index in [1.165, 1.54) is 7.05 Å². The van der Waals surface area contributed by atoms with Gasteiger partial charge in [0.15, 0.2) is 0 Å². The molecule has 0 N–H and O–H groups in total. The van der Waals surface area contributed by atoms with Gasteiger partial charge < -0.3 is 4.90 Å². The number of rotatable bonds is 4. The van der Waals surface area contributed by atoms with Gasteiger partial charge in [-0.2, -0.15) is 4.31 Å². The van der Waals surface area contributed by atoms with Gasteiger partial charge in [0.2, 0.25) is 5.91 Å². The first-order valence-electron chi connectivity index (χ1n) is 7.31. The van der Waals surface area contributed by atoms with Gasteiger partial charge in [-0.25, -0.2) is 8.42 Å². The number of benzene rings is 1. The second-order valence-corrected chi connectivity index (χ2v) is 8.86. The summed E-state index contributed by atoms with van der Waals surface area (Å²) in [6.45, 7) is 1.81. The molecule has 0 spiro atoms. The fraction of sp³-hybridized carbons (Fsp3) is 0.312. The first kappa shape index (κ1) is 16.2. The summed E-state index contributed by atoms with van der Waals surface area (Å²) in [6, 6.07) is 11.0. The Morgan fingerprint density at radius 1 is 1.30 bits per heavy atom. The predicted octanol–water partition coefficient (Wildman–Crippen LogP) is 2.35. The molecule has 1 aromatic heterocycles. The molecule has 2 aromatic rings. The summed E-state index contributed by atoms with van der Waals surface area (Å²) in [6.07, 6.45) is 0.795. The Kier molecular flexibility index (Phi) is 4.27. The molecular weight excluding hydrogens is 332 g/mol. The maximum Gasteiger partial charge on any atom is 0.252 e. The van der Waals surface area contributed by atoms with E-state index in [1.807, 2.05) is 31.2 Å². The minimum absolute atomic E-state index is 0.0396. The van der Waals surface area contributed by atoms with Gasteiger partial charge in [-0.1, -0.05) is 24.3 Å². The van der Waals surface area contributed by atoms with Crippen molar-refractivity contribution in [3.63, 3.8) is 0 Å². The highest BCUT2D eigenvalue weighted by Gasteiger charge is 2.33. The van der Waals surface area contributed by atoms with Crippen LogP contribution in [0, 0.1) is 0 Å². The van der Waals surface area contributed by atoms with E-state index < -0.39 is 10.0 Å². The van der Waals surface area contributed by atoms with Crippen molar-refractivity contribution in [2.75, 3.05) is 18.5 Å². The predicted molar refractivity (Wildman–Crippen MR) is 91.2 cm³/mol. The Morgan fingerprint density at radius 2 is 2.04 bits per heavy atom. The summed E-state index contributed by atoms with van der Waals surface area (Å²) < 4.78 is 26.2. The van der Waals surface area contributed by atoms with Crippen LogP contribution in [0.3, 0.4) is 0 Å². The molecule has 0 saturated heterocycles. The van der Waals surface area contributed by atoms with Crippen molar-refractivity contribution in [2.45, 2.75) is 23.6 Å². The number of hydrogen-bond donors (Lipinski definition) is 0. The highest BCUT2D eigenvalue weighted by atomic mass is 32.2. The molecular formula is C16H18N2O3S2. The third-order valence-electron chi connectivity index (χ3n) is 3.99. The van der Waals surface area contributed by atoms with Crippen molar-refractivity contribution in [1.29, 1.82) is 0 Å². The smallest absolute Gasteiger partial charge is 0.252 e. The SMILES string of the molecule is C[C@@H]1Cc2ccccc2N1C(=O)CN(C)S(=O)(=O)c1cccs1. The number of para-hydroxylation sites is 1. The minimum Gasteiger partial charge on any atom is -0.308 e. The zero-order valence-corrected chi connectivity index (χ0v) is 14.6. The minimum atomic E-state index is -3.61. The molecule has 1 aliphatic rings. The molecule has 3 rings (SSSR count). The van der Waals surface area contributed by atoms with Crippen molar-refractivity contribution in [2.24, 2.45) is 0 Å². The Labute approximate surface area is 140 Å². The number of carbonyl (C=O) groups is 1. The second-order valence-electron chi connectivity index (χ2n) is 5.64. The molecule has 1 atom stereocenters. The van der Waals surface area contributed by atoms with Crippen LogP contribution in [-0.2, 0) is 21.2 Å². The lowest BCUT2D eigenvalue weighted by Crippen LogP contribution is -2.43. The van der Waals surface area contributed by atoms with E-state index in [0.29, 0.717) is 0 Å². The van der Waals surface area contributed by atoms with Gasteiger partial charge >= 0.3 is 0 Å². The zero-order chi connectivity index (χ0) is 16.6. The third kappa shape index (κ3) is 2.91. The van der Waals surface area contributed by atoms with E-state index in [-0.39, 0.29) is 22.7 Å². The number of thiophene rings is 1. The van der Waals surface area contributed by atoms with Crippen LogP contribution in [0.2, 0.25) is 0 Å². The van der Waals surface area contributed by atoms with Crippen LogP contribution in [0.4, 0.5) is 5.69 Å². The van der Waals surface area contributed by atoms with Gasteiger partial charge in [0.05, 0.1) is 6.54 Å². The molecule has 0 bridgehead atoms. The van der Waals surface area contributed by atoms with E-state index in [4.69, 9.17) is 0 Å². The van der Waals surface area contributed by atoms with Crippen LogP contribution in [0.15, 0.2) is 46.0 Å². The molecule has 0 aliphatic carbocycles. The maximum absolute atomic E-state index is 12.7. The average molecular weight is 350 g/mol. The van der Waals surface area contributed by atoms with Gasteiger partial charge in [-0.3, -0.25) is 4.79 Å². The van der Waals surface area contributed by atoms with E-state index in [0.717, 1.165) is 33.3 Å². The van der Waals surface area contributed by atoms with Crippen molar-refractivity contribution in [3.05, 3.63) is 47.3 Å². The fourth-order valence-electron chi connectivity index (χ4n) is 2.86. The molecule has 2 heterocycles. The second kappa shape index (κ2) is 6.07. The summed E-state index contributed by atoms with van der Waals surface area (Å²) in [4.78, 5) is 14.4. The lowest BCUT2D eigenvalue weighted by Gasteiger charge is -2.25. The highest BCUT2D eigenvalue weighted by molar-refractivity contribution is 7.91. The fourth-order valence-corrected chi connectivity index (χ4v) is 5.18.